The Kier molecular flexibility index (Phi) is 8.36. The van der Waals surface area contributed by atoms with E-state index in [-0.39, 0.29) is 10.8 Å². The highest BCUT2D eigenvalue weighted by Crippen LogP contribution is 2.25. The molecule has 0 radical (unpaired) electrons. The first-order chi connectivity index (χ1) is 13.0. The molecule has 0 unspecified atom stereocenters. The minimum Gasteiger partial charge on any atom is -0.496 e. The average molecular weight is 431 g/mol. The van der Waals surface area contributed by atoms with E-state index in [2.05, 4.69) is 20.3 Å². The Morgan fingerprint density at radius 3 is 2.63 bits per heavy atom. The highest BCUT2D eigenvalue weighted by Gasteiger charge is 2.15. The number of nitrogens with zero attached hydrogens (tertiary/aromatic N) is 1. The number of benzene rings is 1. The topological polar surface area (TPSA) is 91.8 Å². The molecule has 0 bridgehead atoms. The molecule has 1 heterocycles. The van der Waals surface area contributed by atoms with E-state index >= 15 is 0 Å². The van der Waals surface area contributed by atoms with Crippen LogP contribution in [0.3, 0.4) is 0 Å². The number of rotatable bonds is 9. The summed E-state index contributed by atoms with van der Waals surface area (Å²) >= 11 is 6.81. The minimum absolute atomic E-state index is 0.198. The first kappa shape index (κ1) is 21.5. The fraction of sp³-hybridized carbons (Fsp3) is 0.353. The number of sulfonamides is 1. The second-order valence-corrected chi connectivity index (χ2v) is 9.10. The van der Waals surface area contributed by atoms with Crippen LogP contribution in [0.4, 0.5) is 0 Å². The van der Waals surface area contributed by atoms with Gasteiger partial charge in [0.15, 0.2) is 5.96 Å². The Bertz CT molecular complexity index is 869. The molecule has 0 aliphatic carbocycles. The van der Waals surface area contributed by atoms with Crippen molar-refractivity contribution in [1.82, 2.24) is 15.4 Å². The molecule has 0 fully saturated rings. The van der Waals surface area contributed by atoms with Crippen LogP contribution in [0.15, 0.2) is 45.6 Å². The number of ether oxygens (including phenoxy) is 1. The Morgan fingerprint density at radius 1 is 1.19 bits per heavy atom. The molecule has 27 heavy (non-hydrogen) atoms. The van der Waals surface area contributed by atoms with Crippen molar-refractivity contribution in [1.29, 1.82) is 0 Å². The monoisotopic (exact) mass is 430 g/mol. The van der Waals surface area contributed by atoms with Gasteiger partial charge in [-0.3, -0.25) is 0 Å². The summed E-state index contributed by atoms with van der Waals surface area (Å²) in [6.45, 7) is 3.70. The van der Waals surface area contributed by atoms with Crippen molar-refractivity contribution in [3.63, 3.8) is 0 Å². The zero-order valence-electron chi connectivity index (χ0n) is 15.2. The van der Waals surface area contributed by atoms with Crippen molar-refractivity contribution < 1.29 is 13.2 Å². The fourth-order valence-electron chi connectivity index (χ4n) is 2.22. The third kappa shape index (κ3) is 6.69. The number of thiophene rings is 1. The maximum absolute atomic E-state index is 12.2. The molecule has 0 aliphatic rings. The van der Waals surface area contributed by atoms with Crippen molar-refractivity contribution in [2.24, 2.45) is 4.99 Å². The lowest BCUT2D eigenvalue weighted by Gasteiger charge is -2.12. The number of para-hydroxylation sites is 1. The van der Waals surface area contributed by atoms with Gasteiger partial charge in [-0.05, 0) is 25.1 Å². The molecule has 10 heteroatoms. The minimum atomic E-state index is -3.55. The van der Waals surface area contributed by atoms with Gasteiger partial charge in [0, 0.05) is 25.2 Å². The van der Waals surface area contributed by atoms with Crippen LogP contribution >= 0.6 is 22.9 Å². The van der Waals surface area contributed by atoms with Crippen molar-refractivity contribution >= 4 is 38.9 Å². The second kappa shape index (κ2) is 10.5. The van der Waals surface area contributed by atoms with E-state index in [1.54, 1.807) is 13.2 Å². The molecule has 0 atom stereocenters. The van der Waals surface area contributed by atoms with E-state index in [4.69, 9.17) is 16.3 Å². The predicted molar refractivity (Wildman–Crippen MR) is 110 cm³/mol. The number of nitrogens with one attached hydrogen (secondary N) is 3. The molecule has 1 aromatic carbocycles. The summed E-state index contributed by atoms with van der Waals surface area (Å²) in [6, 6.07) is 10.7. The molecule has 148 valence electrons. The zero-order valence-corrected chi connectivity index (χ0v) is 17.5. The number of aliphatic imine (C=N–C) groups is 1. The van der Waals surface area contributed by atoms with Crippen LogP contribution in [0.25, 0.3) is 0 Å². The van der Waals surface area contributed by atoms with E-state index < -0.39 is 10.0 Å². The standard InChI is InChI=1S/C17H23ClN4O3S2/c1-3-19-17(21-12-13-6-4-5-7-14(13)25-2)20-10-11-22-27(23,24)16-9-8-15(18)26-16/h4-9,22H,3,10-12H2,1-2H3,(H2,19,20,21). The summed E-state index contributed by atoms with van der Waals surface area (Å²) in [5.74, 6) is 1.38. The number of hydrogen-bond acceptors (Lipinski definition) is 5. The van der Waals surface area contributed by atoms with Gasteiger partial charge in [-0.1, -0.05) is 29.8 Å². The molecule has 0 saturated heterocycles. The second-order valence-electron chi connectivity index (χ2n) is 5.39. The third-order valence-corrected chi connectivity index (χ3v) is 6.65. The van der Waals surface area contributed by atoms with E-state index in [0.717, 1.165) is 22.6 Å². The fourth-order valence-corrected chi connectivity index (χ4v) is 4.78. The molecule has 0 spiro atoms. The smallest absolute Gasteiger partial charge is 0.250 e. The summed E-state index contributed by atoms with van der Waals surface area (Å²) < 4.78 is 32.8. The van der Waals surface area contributed by atoms with Gasteiger partial charge in [0.25, 0.3) is 0 Å². The van der Waals surface area contributed by atoms with Gasteiger partial charge in [0.2, 0.25) is 10.0 Å². The van der Waals surface area contributed by atoms with Crippen molar-refractivity contribution in [3.8, 4) is 5.75 Å². The first-order valence-electron chi connectivity index (χ1n) is 8.35. The SMILES string of the molecule is CCNC(=NCc1ccccc1OC)NCCNS(=O)(=O)c1ccc(Cl)s1. The van der Waals surface area contributed by atoms with Gasteiger partial charge in [-0.2, -0.15) is 0 Å². The highest BCUT2D eigenvalue weighted by molar-refractivity contribution is 7.91. The lowest BCUT2D eigenvalue weighted by Crippen LogP contribution is -2.41. The maximum atomic E-state index is 12.2. The summed E-state index contributed by atoms with van der Waals surface area (Å²) in [5.41, 5.74) is 0.965. The zero-order chi connectivity index (χ0) is 19.7. The van der Waals surface area contributed by atoms with Crippen LogP contribution in [-0.4, -0.2) is 41.1 Å². The normalized spacial score (nSPS) is 12.0. The van der Waals surface area contributed by atoms with E-state index in [1.165, 1.54) is 6.07 Å². The molecule has 0 aliphatic heterocycles. The van der Waals surface area contributed by atoms with Gasteiger partial charge in [-0.15, -0.1) is 11.3 Å². The van der Waals surface area contributed by atoms with Crippen LogP contribution in [0.5, 0.6) is 5.75 Å². The van der Waals surface area contributed by atoms with Gasteiger partial charge in [-0.25, -0.2) is 18.1 Å². The summed E-state index contributed by atoms with van der Waals surface area (Å²) in [4.78, 5) is 4.51. The van der Waals surface area contributed by atoms with Crippen molar-refractivity contribution in [3.05, 3.63) is 46.3 Å². The quantitative estimate of drug-likeness (QED) is 0.323. The average Bonchev–Trinajstić information content (AvgIpc) is 3.10. The number of methoxy groups -OCH3 is 1. The van der Waals surface area contributed by atoms with E-state index in [1.807, 2.05) is 31.2 Å². The molecule has 3 N–H and O–H groups in total. The Balaban J connectivity index is 1.88. The molecular weight excluding hydrogens is 408 g/mol. The Morgan fingerprint density at radius 2 is 1.96 bits per heavy atom. The van der Waals surface area contributed by atoms with Gasteiger partial charge in [0.1, 0.15) is 9.96 Å². The van der Waals surface area contributed by atoms with Crippen LogP contribution in [0.1, 0.15) is 12.5 Å². The predicted octanol–water partition coefficient (Wildman–Crippen LogP) is 2.44. The molecule has 2 aromatic rings. The van der Waals surface area contributed by atoms with Crippen LogP contribution < -0.4 is 20.1 Å². The Hall–Kier alpha value is -1.81. The van der Waals surface area contributed by atoms with Gasteiger partial charge < -0.3 is 15.4 Å². The Labute approximate surface area is 168 Å². The molecule has 2 rings (SSSR count). The summed E-state index contributed by atoms with van der Waals surface area (Å²) in [5, 5.41) is 6.23. The number of guanidine groups is 1. The summed E-state index contributed by atoms with van der Waals surface area (Å²) in [7, 11) is -1.92. The largest absolute Gasteiger partial charge is 0.496 e. The third-order valence-electron chi connectivity index (χ3n) is 3.47. The van der Waals surface area contributed by atoms with Crippen LogP contribution in [0.2, 0.25) is 4.34 Å². The lowest BCUT2D eigenvalue weighted by atomic mass is 10.2. The number of hydrogen-bond donors (Lipinski definition) is 3. The highest BCUT2D eigenvalue weighted by atomic mass is 35.5. The van der Waals surface area contributed by atoms with Crippen molar-refractivity contribution in [2.45, 2.75) is 17.7 Å². The lowest BCUT2D eigenvalue weighted by molar-refractivity contribution is 0.410. The molecule has 7 nitrogen and oxygen atoms in total. The van der Waals surface area contributed by atoms with Crippen LogP contribution in [-0.2, 0) is 16.6 Å². The molecule has 0 amide bonds. The maximum Gasteiger partial charge on any atom is 0.250 e. The van der Waals surface area contributed by atoms with E-state index in [0.29, 0.717) is 29.9 Å². The molecular formula is C17H23ClN4O3S2. The molecule has 0 saturated carbocycles. The van der Waals surface area contributed by atoms with E-state index in [9.17, 15) is 8.42 Å². The van der Waals surface area contributed by atoms with Crippen molar-refractivity contribution in [2.75, 3.05) is 26.7 Å². The summed E-state index contributed by atoms with van der Waals surface area (Å²) in [6.07, 6.45) is 0. The van der Waals surface area contributed by atoms with Crippen LogP contribution in [0, 0.1) is 0 Å². The first-order valence-corrected chi connectivity index (χ1v) is 11.0. The van der Waals surface area contributed by atoms with Gasteiger partial charge >= 0.3 is 0 Å². The van der Waals surface area contributed by atoms with Gasteiger partial charge in [0.05, 0.1) is 18.0 Å². The number of halogens is 1. The molecule has 1 aromatic heterocycles.